The van der Waals surface area contributed by atoms with Crippen LogP contribution in [0.5, 0.6) is 0 Å². The minimum absolute atomic E-state index is 0.0803. The summed E-state index contributed by atoms with van der Waals surface area (Å²) >= 11 is 0. The van der Waals surface area contributed by atoms with Gasteiger partial charge in [0.15, 0.2) is 5.60 Å². The number of fused-ring (bicyclic) bond motifs is 2. The summed E-state index contributed by atoms with van der Waals surface area (Å²) in [5.41, 5.74) is -4.87. The molecule has 1 aromatic rings. The molecule has 7 rings (SSSR count). The standard InChI is InChI=1S/C50H75NO11/c1-7-9-10-11-12-13-14-15-16-17-18-19-20-21-25-28-37(53)62-50-38-34(30-48(56,45(60-6)43(50)54)44(38)61-46(55)33-26-23-22-24-27-33)49-36(58-4)29-35(52)47(32-57-3)31-51(8-2)42(49)39(50)40(59-5)41(47)49/h12-13,15-16,22-24,26-27,34-36,38-45,52,54,56H,7-11,14,17-21,25,28-32H2,1-6H3/b13-12-,16-15-/t34-,35?,36+,38-,39+,40+,41-,42-,43+,44-,45+,47+,48+,49+,50-/m1/s1. The van der Waals surface area contributed by atoms with E-state index in [9.17, 15) is 24.9 Å². The van der Waals surface area contributed by atoms with Crippen LogP contribution in [-0.4, -0.2) is 134 Å². The SMILES string of the molecule is CCCCC/C=C\C/C=C\CCCCCCCC(=O)O[C@]12[C@H]3[C@@H](OC(=O)c4ccccc4)[C@@](O)(C[C@H]3[C@@]34[C@@H](OC)CC(O)[C@@]5(COC)CN(CC)[C@@H]3[C@@H]1[C@H](OC)[C@H]54)[C@@H](OC)[C@@H]2O. The van der Waals surface area contributed by atoms with E-state index in [2.05, 4.69) is 43.1 Å². The van der Waals surface area contributed by atoms with Crippen LogP contribution in [-0.2, 0) is 33.2 Å². The highest BCUT2D eigenvalue weighted by Crippen LogP contribution is 2.80. The van der Waals surface area contributed by atoms with Crippen LogP contribution < -0.4 is 0 Å². The van der Waals surface area contributed by atoms with Crippen molar-refractivity contribution in [3.05, 3.63) is 60.2 Å². The molecule has 62 heavy (non-hydrogen) atoms. The first-order valence-electron chi connectivity index (χ1n) is 23.7. The number of unbranched alkanes of at least 4 members (excludes halogenated alkanes) is 8. The first-order valence-corrected chi connectivity index (χ1v) is 23.7. The fourth-order valence-corrected chi connectivity index (χ4v) is 14.4. The molecule has 0 aromatic heterocycles. The fourth-order valence-electron chi connectivity index (χ4n) is 14.4. The average Bonchev–Trinajstić information content (AvgIpc) is 3.65. The summed E-state index contributed by atoms with van der Waals surface area (Å²) in [4.78, 5) is 31.0. The zero-order chi connectivity index (χ0) is 44.3. The molecule has 12 heteroatoms. The molecule has 15 atom stereocenters. The lowest BCUT2D eigenvalue weighted by Crippen LogP contribution is -2.81. The molecule has 0 amide bonds. The minimum atomic E-state index is -1.85. The Morgan fingerprint density at radius 1 is 0.839 bits per heavy atom. The van der Waals surface area contributed by atoms with E-state index >= 15 is 0 Å². The largest absolute Gasteiger partial charge is 0.455 e. The molecule has 1 saturated heterocycles. The number of aliphatic hydroxyl groups excluding tert-OH is 2. The van der Waals surface area contributed by atoms with Crippen LogP contribution in [0.1, 0.15) is 114 Å². The summed E-state index contributed by atoms with van der Waals surface area (Å²) < 4.78 is 38.7. The van der Waals surface area contributed by atoms with Gasteiger partial charge in [-0.2, -0.15) is 0 Å². The number of carbonyl (C=O) groups excluding carboxylic acids is 2. The molecule has 1 spiro atoms. The number of hydrogen-bond acceptors (Lipinski definition) is 12. The summed E-state index contributed by atoms with van der Waals surface area (Å²) in [6, 6.07) is 8.29. The van der Waals surface area contributed by atoms with Crippen molar-refractivity contribution in [1.29, 1.82) is 0 Å². The number of allylic oxidation sites excluding steroid dienone is 4. The first kappa shape index (κ1) is 47.3. The van der Waals surface area contributed by atoms with Gasteiger partial charge in [-0.25, -0.2) is 4.79 Å². The number of piperidine rings is 1. The van der Waals surface area contributed by atoms with E-state index in [4.69, 9.17) is 28.4 Å². The molecule has 5 aliphatic carbocycles. The predicted molar refractivity (Wildman–Crippen MR) is 234 cm³/mol. The third-order valence-corrected chi connectivity index (χ3v) is 16.5. The summed E-state index contributed by atoms with van der Waals surface area (Å²) in [6.45, 7) is 5.63. The summed E-state index contributed by atoms with van der Waals surface area (Å²) in [7, 11) is 6.40. The lowest BCUT2D eigenvalue weighted by molar-refractivity contribution is -0.323. The topological polar surface area (TPSA) is 153 Å². The van der Waals surface area contributed by atoms with E-state index in [-0.39, 0.29) is 31.4 Å². The maximum Gasteiger partial charge on any atom is 0.338 e. The van der Waals surface area contributed by atoms with E-state index in [1.54, 1.807) is 45.6 Å². The molecule has 5 saturated carbocycles. The van der Waals surface area contributed by atoms with E-state index in [1.807, 2.05) is 6.07 Å². The maximum atomic E-state index is 14.6. The van der Waals surface area contributed by atoms with Crippen molar-refractivity contribution < 1.29 is 53.3 Å². The van der Waals surface area contributed by atoms with Crippen LogP contribution in [0.2, 0.25) is 0 Å². The quantitative estimate of drug-likeness (QED) is 0.0631. The van der Waals surface area contributed by atoms with Gasteiger partial charge >= 0.3 is 11.9 Å². The van der Waals surface area contributed by atoms with Crippen LogP contribution >= 0.6 is 0 Å². The van der Waals surface area contributed by atoms with E-state index in [0.29, 0.717) is 31.5 Å². The smallest absolute Gasteiger partial charge is 0.338 e. The molecule has 6 fully saturated rings. The summed E-state index contributed by atoms with van der Waals surface area (Å²) in [5, 5.41) is 38.4. The Balaban J connectivity index is 1.20. The second-order valence-electron chi connectivity index (χ2n) is 19.3. The molecule has 346 valence electrons. The molecule has 1 heterocycles. The van der Waals surface area contributed by atoms with Gasteiger partial charge in [-0.05, 0) is 69.5 Å². The van der Waals surface area contributed by atoms with Crippen molar-refractivity contribution in [3.63, 3.8) is 0 Å². The molecule has 6 aliphatic rings. The number of carbonyl (C=O) groups is 2. The molecular weight excluding hydrogens is 791 g/mol. The highest BCUT2D eigenvalue weighted by molar-refractivity contribution is 5.89. The minimum Gasteiger partial charge on any atom is -0.455 e. The Morgan fingerprint density at radius 3 is 2.18 bits per heavy atom. The maximum absolute atomic E-state index is 14.6. The first-order chi connectivity index (χ1) is 30.0. The number of methoxy groups -OCH3 is 4. The highest BCUT2D eigenvalue weighted by atomic mass is 16.6. The van der Waals surface area contributed by atoms with Crippen molar-refractivity contribution in [2.75, 3.05) is 48.1 Å². The van der Waals surface area contributed by atoms with E-state index in [0.717, 1.165) is 44.9 Å². The lowest BCUT2D eigenvalue weighted by Gasteiger charge is -2.70. The number of ether oxygens (including phenoxy) is 6. The van der Waals surface area contributed by atoms with Gasteiger partial charge in [0.05, 0.1) is 30.5 Å². The van der Waals surface area contributed by atoms with Crippen LogP contribution in [0.25, 0.3) is 0 Å². The Morgan fingerprint density at radius 2 is 1.53 bits per heavy atom. The van der Waals surface area contributed by atoms with E-state index in [1.165, 1.54) is 26.4 Å². The van der Waals surface area contributed by atoms with Crippen molar-refractivity contribution in [2.24, 2.45) is 34.5 Å². The number of hydrogen-bond donors (Lipinski definition) is 3. The second kappa shape index (κ2) is 19.8. The van der Waals surface area contributed by atoms with Crippen molar-refractivity contribution in [3.8, 4) is 0 Å². The molecular formula is C50H75NO11. The van der Waals surface area contributed by atoms with Crippen molar-refractivity contribution >= 4 is 11.9 Å². The van der Waals surface area contributed by atoms with Crippen molar-refractivity contribution in [1.82, 2.24) is 4.90 Å². The van der Waals surface area contributed by atoms with Gasteiger partial charge in [0.25, 0.3) is 0 Å². The third-order valence-electron chi connectivity index (χ3n) is 16.5. The Bertz CT molecular complexity index is 1720. The van der Waals surface area contributed by atoms with Gasteiger partial charge in [0.1, 0.15) is 23.9 Å². The zero-order valence-electron chi connectivity index (χ0n) is 38.1. The van der Waals surface area contributed by atoms with Crippen molar-refractivity contribution in [2.45, 2.75) is 158 Å². The molecule has 1 aliphatic heterocycles. The Hall–Kier alpha value is -2.68. The number of esters is 2. The predicted octanol–water partition coefficient (Wildman–Crippen LogP) is 6.44. The number of rotatable bonds is 23. The van der Waals surface area contributed by atoms with Gasteiger partial charge in [0, 0.05) is 82.5 Å². The molecule has 12 nitrogen and oxygen atoms in total. The van der Waals surface area contributed by atoms with Gasteiger partial charge in [-0.3, -0.25) is 9.69 Å². The van der Waals surface area contributed by atoms with Crippen LogP contribution in [0.3, 0.4) is 0 Å². The summed E-state index contributed by atoms with van der Waals surface area (Å²) in [5.74, 6) is -3.53. The van der Waals surface area contributed by atoms with Crippen LogP contribution in [0.4, 0.5) is 0 Å². The zero-order valence-corrected chi connectivity index (χ0v) is 38.1. The van der Waals surface area contributed by atoms with Crippen LogP contribution in [0.15, 0.2) is 54.6 Å². The molecule has 1 aromatic carbocycles. The average molecular weight is 866 g/mol. The fraction of sp³-hybridized carbons (Fsp3) is 0.760. The third kappa shape index (κ3) is 7.54. The number of benzene rings is 1. The Kier molecular flexibility index (Phi) is 15.1. The monoisotopic (exact) mass is 866 g/mol. The highest BCUT2D eigenvalue weighted by Gasteiger charge is 2.92. The van der Waals surface area contributed by atoms with Gasteiger partial charge in [0.2, 0.25) is 0 Å². The van der Waals surface area contributed by atoms with Gasteiger partial charge in [-0.1, -0.05) is 88.5 Å². The molecule has 0 radical (unpaired) electrons. The van der Waals surface area contributed by atoms with Gasteiger partial charge < -0.3 is 43.7 Å². The second-order valence-corrected chi connectivity index (χ2v) is 19.3. The molecule has 3 N–H and O–H groups in total. The Labute approximate surface area is 369 Å². The van der Waals surface area contributed by atoms with E-state index < -0.39 is 88.3 Å². The van der Waals surface area contributed by atoms with Gasteiger partial charge in [-0.15, -0.1) is 0 Å². The van der Waals surface area contributed by atoms with Crippen LogP contribution in [0, 0.1) is 34.5 Å². The molecule has 7 bridgehead atoms. The molecule has 1 unspecified atom stereocenters. The normalized spacial score (nSPS) is 40.4. The number of nitrogens with zero attached hydrogens (tertiary/aromatic N) is 1. The number of aliphatic hydroxyl groups is 3. The lowest BCUT2D eigenvalue weighted by atomic mass is 9.42. The summed E-state index contributed by atoms with van der Waals surface area (Å²) in [6.07, 6.45) is 15.2. The number of likely N-dealkylation sites (tertiary alicyclic amines) is 1.